The summed E-state index contributed by atoms with van der Waals surface area (Å²) in [7, 11) is -4.01. The Balaban J connectivity index is 2.42. The highest BCUT2D eigenvalue weighted by Crippen LogP contribution is 2.23. The summed E-state index contributed by atoms with van der Waals surface area (Å²) in [5.74, 6) is -0.793. The predicted octanol–water partition coefficient (Wildman–Crippen LogP) is 2.74. The van der Waals surface area contributed by atoms with Gasteiger partial charge in [0.2, 0.25) is 0 Å². The van der Waals surface area contributed by atoms with Crippen molar-refractivity contribution in [3.63, 3.8) is 0 Å². The van der Waals surface area contributed by atoms with Gasteiger partial charge in [0.15, 0.2) is 0 Å². The molecule has 2 aromatic carbocycles. The maximum Gasteiger partial charge on any atom is 0.264 e. The van der Waals surface area contributed by atoms with Gasteiger partial charge in [-0.3, -0.25) is 4.72 Å². The number of hydrogen-bond acceptors (Lipinski definition) is 3. The third-order valence-electron chi connectivity index (χ3n) is 3.11. The molecule has 2 N–H and O–H groups in total. The van der Waals surface area contributed by atoms with E-state index in [9.17, 15) is 12.8 Å². The third-order valence-corrected chi connectivity index (χ3v) is 4.50. The van der Waals surface area contributed by atoms with Crippen LogP contribution in [0.3, 0.4) is 0 Å². The van der Waals surface area contributed by atoms with Crippen LogP contribution < -0.4 is 4.72 Å². The number of anilines is 1. The largest absolute Gasteiger partial charge is 0.392 e. The molecule has 0 saturated heterocycles. The molecule has 0 heterocycles. The molecule has 2 aromatic rings. The van der Waals surface area contributed by atoms with Crippen molar-refractivity contribution in [1.82, 2.24) is 0 Å². The van der Waals surface area contributed by atoms with Gasteiger partial charge in [-0.05, 0) is 48.7 Å². The van der Waals surface area contributed by atoms with Crippen molar-refractivity contribution in [1.29, 1.82) is 0 Å². The molecule has 0 spiro atoms. The molecular formula is C15H16FNO3S. The van der Waals surface area contributed by atoms with Crippen molar-refractivity contribution in [3.05, 3.63) is 58.9 Å². The first-order valence-corrected chi connectivity index (χ1v) is 7.81. The highest BCUT2D eigenvalue weighted by Gasteiger charge is 2.20. The van der Waals surface area contributed by atoms with Crippen molar-refractivity contribution in [2.24, 2.45) is 0 Å². The Hall–Kier alpha value is -1.92. The van der Waals surface area contributed by atoms with Crippen LogP contribution in [0.2, 0.25) is 0 Å². The van der Waals surface area contributed by atoms with Crippen molar-refractivity contribution >= 4 is 15.7 Å². The first-order chi connectivity index (χ1) is 9.83. The van der Waals surface area contributed by atoms with E-state index in [1.807, 2.05) is 0 Å². The standard InChI is InChI=1S/C15H16FNO3S/c1-10-3-6-15(13(16)7-10)21(19,20)17-14-8-12(9-18)5-4-11(14)2/h3-8,17-18H,9H2,1-2H3. The summed E-state index contributed by atoms with van der Waals surface area (Å²) in [4.78, 5) is -0.401. The van der Waals surface area contributed by atoms with E-state index in [2.05, 4.69) is 4.72 Å². The average Bonchev–Trinajstić information content (AvgIpc) is 2.40. The monoisotopic (exact) mass is 309 g/mol. The van der Waals surface area contributed by atoms with E-state index in [4.69, 9.17) is 5.11 Å². The van der Waals surface area contributed by atoms with Gasteiger partial charge in [-0.15, -0.1) is 0 Å². The predicted molar refractivity (Wildman–Crippen MR) is 79.0 cm³/mol. The number of sulfonamides is 1. The van der Waals surface area contributed by atoms with E-state index in [-0.39, 0.29) is 6.61 Å². The second-order valence-electron chi connectivity index (χ2n) is 4.85. The van der Waals surface area contributed by atoms with Crippen molar-refractivity contribution < 1.29 is 17.9 Å². The van der Waals surface area contributed by atoms with Crippen LogP contribution in [0, 0.1) is 19.7 Å². The number of aliphatic hydroxyl groups is 1. The number of aryl methyl sites for hydroxylation is 2. The Morgan fingerprint density at radius 3 is 2.48 bits per heavy atom. The lowest BCUT2D eigenvalue weighted by Gasteiger charge is -2.12. The van der Waals surface area contributed by atoms with Crippen molar-refractivity contribution in [2.75, 3.05) is 4.72 Å². The molecule has 112 valence electrons. The lowest BCUT2D eigenvalue weighted by atomic mass is 10.1. The Labute approximate surface area is 123 Å². The summed E-state index contributed by atoms with van der Waals surface area (Å²) in [6.45, 7) is 3.21. The highest BCUT2D eigenvalue weighted by atomic mass is 32.2. The summed E-state index contributed by atoms with van der Waals surface area (Å²) < 4.78 is 40.7. The van der Waals surface area contributed by atoms with E-state index in [1.54, 1.807) is 26.0 Å². The first kappa shape index (κ1) is 15.5. The van der Waals surface area contributed by atoms with Gasteiger partial charge in [-0.25, -0.2) is 12.8 Å². The fourth-order valence-corrected chi connectivity index (χ4v) is 3.08. The molecule has 0 bridgehead atoms. The van der Waals surface area contributed by atoms with Gasteiger partial charge in [0.1, 0.15) is 10.7 Å². The minimum Gasteiger partial charge on any atom is -0.392 e. The molecule has 0 atom stereocenters. The lowest BCUT2D eigenvalue weighted by molar-refractivity contribution is 0.282. The van der Waals surface area contributed by atoms with Gasteiger partial charge in [0, 0.05) is 0 Å². The maximum atomic E-state index is 13.8. The lowest BCUT2D eigenvalue weighted by Crippen LogP contribution is -2.15. The fraction of sp³-hybridized carbons (Fsp3) is 0.200. The van der Waals surface area contributed by atoms with Crippen LogP contribution in [-0.4, -0.2) is 13.5 Å². The number of benzene rings is 2. The van der Waals surface area contributed by atoms with E-state index in [0.717, 1.165) is 0 Å². The van der Waals surface area contributed by atoms with Crippen LogP contribution in [0.5, 0.6) is 0 Å². The van der Waals surface area contributed by atoms with Crippen LogP contribution in [0.1, 0.15) is 16.7 Å². The molecule has 0 aliphatic carbocycles. The fourth-order valence-electron chi connectivity index (χ4n) is 1.90. The molecule has 2 rings (SSSR count). The molecular weight excluding hydrogens is 293 g/mol. The Kier molecular flexibility index (Phi) is 4.29. The SMILES string of the molecule is Cc1ccc(S(=O)(=O)Nc2cc(CO)ccc2C)c(F)c1. The molecule has 0 unspecified atom stereocenters. The smallest absolute Gasteiger partial charge is 0.264 e. The molecule has 0 aliphatic heterocycles. The van der Waals surface area contributed by atoms with Crippen LogP contribution in [0.4, 0.5) is 10.1 Å². The zero-order chi connectivity index (χ0) is 15.6. The number of hydrogen-bond donors (Lipinski definition) is 2. The van der Waals surface area contributed by atoms with Crippen LogP contribution >= 0.6 is 0 Å². The third kappa shape index (κ3) is 3.40. The Morgan fingerprint density at radius 1 is 1.14 bits per heavy atom. The minimum absolute atomic E-state index is 0.200. The van der Waals surface area contributed by atoms with Gasteiger partial charge in [-0.1, -0.05) is 18.2 Å². The molecule has 6 heteroatoms. The molecule has 0 amide bonds. The van der Waals surface area contributed by atoms with Crippen LogP contribution in [0.25, 0.3) is 0 Å². The summed E-state index contributed by atoms with van der Waals surface area (Å²) >= 11 is 0. The second kappa shape index (κ2) is 5.83. The highest BCUT2D eigenvalue weighted by molar-refractivity contribution is 7.92. The molecule has 0 saturated carbocycles. The molecule has 4 nitrogen and oxygen atoms in total. The molecule has 21 heavy (non-hydrogen) atoms. The van der Waals surface area contributed by atoms with Gasteiger partial charge in [-0.2, -0.15) is 0 Å². The van der Waals surface area contributed by atoms with Gasteiger partial charge in [0.05, 0.1) is 12.3 Å². The number of nitrogens with one attached hydrogen (secondary N) is 1. The van der Waals surface area contributed by atoms with E-state index in [0.29, 0.717) is 22.4 Å². The molecule has 0 aliphatic rings. The summed E-state index contributed by atoms with van der Waals surface area (Å²) in [6.07, 6.45) is 0. The zero-order valence-electron chi connectivity index (χ0n) is 11.7. The van der Waals surface area contributed by atoms with E-state index < -0.39 is 20.7 Å². The zero-order valence-corrected chi connectivity index (χ0v) is 12.5. The number of aliphatic hydroxyl groups excluding tert-OH is 1. The van der Waals surface area contributed by atoms with Crippen molar-refractivity contribution in [3.8, 4) is 0 Å². The van der Waals surface area contributed by atoms with E-state index >= 15 is 0 Å². The Bertz CT molecular complexity index is 772. The van der Waals surface area contributed by atoms with Crippen molar-refractivity contribution in [2.45, 2.75) is 25.3 Å². The maximum absolute atomic E-state index is 13.8. The van der Waals surface area contributed by atoms with E-state index in [1.165, 1.54) is 24.3 Å². The summed E-state index contributed by atoms with van der Waals surface area (Å²) in [5, 5.41) is 9.11. The topological polar surface area (TPSA) is 66.4 Å². The number of halogens is 1. The molecule has 0 radical (unpaired) electrons. The Morgan fingerprint density at radius 2 is 1.86 bits per heavy atom. The minimum atomic E-state index is -4.01. The first-order valence-electron chi connectivity index (χ1n) is 6.33. The van der Waals surface area contributed by atoms with Gasteiger partial charge >= 0.3 is 0 Å². The summed E-state index contributed by atoms with van der Waals surface area (Å²) in [6, 6.07) is 8.85. The molecule has 0 aromatic heterocycles. The second-order valence-corrected chi connectivity index (χ2v) is 6.50. The average molecular weight is 309 g/mol. The van der Waals surface area contributed by atoms with Crippen LogP contribution in [0.15, 0.2) is 41.3 Å². The van der Waals surface area contributed by atoms with Gasteiger partial charge in [0.25, 0.3) is 10.0 Å². The molecule has 0 fully saturated rings. The quantitative estimate of drug-likeness (QED) is 0.912. The normalized spacial score (nSPS) is 11.4. The van der Waals surface area contributed by atoms with Crippen LogP contribution in [-0.2, 0) is 16.6 Å². The summed E-state index contributed by atoms with van der Waals surface area (Å²) in [5.41, 5.74) is 2.22. The van der Waals surface area contributed by atoms with Gasteiger partial charge < -0.3 is 5.11 Å². The number of rotatable bonds is 4.